The number of benzene rings is 1. The Balaban J connectivity index is 1.47. The standard InChI is InChI=1S/C22H19F3N4O2S/c23-22(24,25)15-3-1-4-16(11-15)27-19(30)13-32-20-17-5-2-6-18(17)29(21(31)28-20)12-14-7-9-26-10-8-14/h1,3-4,7-11H,2,5-6,12-13H2,(H,27,30). The van der Waals surface area contributed by atoms with Crippen LogP contribution >= 0.6 is 11.8 Å². The Labute approximate surface area is 185 Å². The van der Waals surface area contributed by atoms with Crippen molar-refractivity contribution in [2.45, 2.75) is 37.0 Å². The van der Waals surface area contributed by atoms with Gasteiger partial charge < -0.3 is 5.32 Å². The van der Waals surface area contributed by atoms with Crippen LogP contribution in [0, 0.1) is 0 Å². The van der Waals surface area contributed by atoms with Crippen molar-refractivity contribution < 1.29 is 18.0 Å². The molecule has 0 aliphatic heterocycles. The molecule has 32 heavy (non-hydrogen) atoms. The molecule has 0 saturated carbocycles. The fraction of sp³-hybridized carbons (Fsp3) is 0.273. The fourth-order valence-corrected chi connectivity index (χ4v) is 4.52. The minimum absolute atomic E-state index is 0.0660. The van der Waals surface area contributed by atoms with Gasteiger partial charge >= 0.3 is 11.9 Å². The van der Waals surface area contributed by atoms with E-state index in [1.165, 1.54) is 12.1 Å². The Kier molecular flexibility index (Phi) is 6.31. The van der Waals surface area contributed by atoms with Gasteiger partial charge in [-0.1, -0.05) is 17.8 Å². The van der Waals surface area contributed by atoms with Crippen LogP contribution in [-0.2, 0) is 30.4 Å². The zero-order valence-corrected chi connectivity index (χ0v) is 17.7. The van der Waals surface area contributed by atoms with Gasteiger partial charge in [0.05, 0.1) is 17.9 Å². The summed E-state index contributed by atoms with van der Waals surface area (Å²) in [5, 5.41) is 2.98. The SMILES string of the molecule is O=C(CSc1nc(=O)n(Cc2ccncc2)c2c1CCC2)Nc1cccc(C(F)(F)F)c1. The van der Waals surface area contributed by atoms with E-state index >= 15 is 0 Å². The summed E-state index contributed by atoms with van der Waals surface area (Å²) in [4.78, 5) is 33.2. The first-order valence-corrected chi connectivity index (χ1v) is 10.9. The fourth-order valence-electron chi connectivity index (χ4n) is 3.64. The van der Waals surface area contributed by atoms with Gasteiger partial charge in [0.25, 0.3) is 0 Å². The first kappa shape index (κ1) is 22.1. The summed E-state index contributed by atoms with van der Waals surface area (Å²) in [6.07, 6.45) is 1.25. The van der Waals surface area contributed by atoms with Gasteiger partial charge in [0.15, 0.2) is 0 Å². The second-order valence-corrected chi connectivity index (χ2v) is 8.30. The molecule has 1 aliphatic carbocycles. The van der Waals surface area contributed by atoms with Gasteiger partial charge in [-0.25, -0.2) is 4.79 Å². The van der Waals surface area contributed by atoms with Gasteiger partial charge in [0.2, 0.25) is 5.91 Å². The van der Waals surface area contributed by atoms with E-state index in [-0.39, 0.29) is 17.1 Å². The molecule has 1 aromatic carbocycles. The Hall–Kier alpha value is -3.14. The molecule has 6 nitrogen and oxygen atoms in total. The van der Waals surface area contributed by atoms with Crippen molar-refractivity contribution in [3.63, 3.8) is 0 Å². The maximum absolute atomic E-state index is 12.9. The number of nitrogens with one attached hydrogen (secondary N) is 1. The van der Waals surface area contributed by atoms with E-state index in [0.29, 0.717) is 11.6 Å². The summed E-state index contributed by atoms with van der Waals surface area (Å²) in [6.45, 7) is 0.400. The highest BCUT2D eigenvalue weighted by atomic mass is 32.2. The lowest BCUT2D eigenvalue weighted by Gasteiger charge is -2.14. The van der Waals surface area contributed by atoms with Crippen LogP contribution in [0.2, 0.25) is 0 Å². The number of hydrogen-bond donors (Lipinski definition) is 1. The van der Waals surface area contributed by atoms with Crippen LogP contribution in [0.5, 0.6) is 0 Å². The number of anilines is 1. The third kappa shape index (κ3) is 5.01. The quantitative estimate of drug-likeness (QED) is 0.446. The molecule has 2 aromatic heterocycles. The minimum Gasteiger partial charge on any atom is -0.325 e. The van der Waals surface area contributed by atoms with Crippen molar-refractivity contribution in [3.05, 3.63) is 81.7 Å². The van der Waals surface area contributed by atoms with Crippen molar-refractivity contribution in [2.24, 2.45) is 0 Å². The van der Waals surface area contributed by atoms with Crippen LogP contribution in [0.25, 0.3) is 0 Å². The summed E-state index contributed by atoms with van der Waals surface area (Å²) < 4.78 is 40.2. The van der Waals surface area contributed by atoms with Crippen LogP contribution in [0.4, 0.5) is 18.9 Å². The number of nitrogens with zero attached hydrogens (tertiary/aromatic N) is 3. The smallest absolute Gasteiger partial charge is 0.325 e. The molecule has 1 aliphatic rings. The zero-order valence-electron chi connectivity index (χ0n) is 16.9. The van der Waals surface area contributed by atoms with E-state index in [4.69, 9.17) is 0 Å². The van der Waals surface area contributed by atoms with Crippen LogP contribution in [0.1, 0.15) is 28.8 Å². The van der Waals surface area contributed by atoms with Crippen molar-refractivity contribution in [1.82, 2.24) is 14.5 Å². The van der Waals surface area contributed by atoms with Crippen LogP contribution in [0.3, 0.4) is 0 Å². The van der Waals surface area contributed by atoms with E-state index in [1.807, 2.05) is 12.1 Å². The highest BCUT2D eigenvalue weighted by molar-refractivity contribution is 8.00. The van der Waals surface area contributed by atoms with E-state index in [0.717, 1.165) is 60.0 Å². The lowest BCUT2D eigenvalue weighted by atomic mass is 10.2. The van der Waals surface area contributed by atoms with E-state index in [9.17, 15) is 22.8 Å². The highest BCUT2D eigenvalue weighted by Crippen LogP contribution is 2.31. The molecule has 0 unspecified atom stereocenters. The first-order valence-electron chi connectivity index (χ1n) is 9.92. The molecule has 0 bridgehead atoms. The normalized spacial score (nSPS) is 13.1. The molecule has 0 radical (unpaired) electrons. The van der Waals surface area contributed by atoms with Gasteiger partial charge in [-0.3, -0.25) is 14.3 Å². The molecular formula is C22H19F3N4O2S. The number of thioether (sulfide) groups is 1. The van der Waals surface area contributed by atoms with E-state index < -0.39 is 17.6 Å². The largest absolute Gasteiger partial charge is 0.416 e. The lowest BCUT2D eigenvalue weighted by Crippen LogP contribution is -2.28. The van der Waals surface area contributed by atoms with Gasteiger partial charge in [-0.2, -0.15) is 18.2 Å². The lowest BCUT2D eigenvalue weighted by molar-refractivity contribution is -0.137. The maximum atomic E-state index is 12.9. The third-order valence-corrected chi connectivity index (χ3v) is 6.12. The number of pyridine rings is 1. The van der Waals surface area contributed by atoms with E-state index in [2.05, 4.69) is 15.3 Å². The minimum atomic E-state index is -4.49. The van der Waals surface area contributed by atoms with Gasteiger partial charge in [0, 0.05) is 29.3 Å². The van der Waals surface area contributed by atoms with Crippen molar-refractivity contribution >= 4 is 23.4 Å². The number of fused-ring (bicyclic) bond motifs is 1. The summed E-state index contributed by atoms with van der Waals surface area (Å²) >= 11 is 1.12. The molecule has 10 heteroatoms. The summed E-state index contributed by atoms with van der Waals surface area (Å²) in [5.41, 5.74) is 1.66. The van der Waals surface area contributed by atoms with Gasteiger partial charge in [-0.05, 0) is 55.2 Å². The monoisotopic (exact) mass is 460 g/mol. The molecule has 0 atom stereocenters. The molecule has 3 aromatic rings. The maximum Gasteiger partial charge on any atom is 0.416 e. The summed E-state index contributed by atoms with van der Waals surface area (Å²) in [5.74, 6) is -0.535. The second-order valence-electron chi connectivity index (χ2n) is 7.34. The summed E-state index contributed by atoms with van der Waals surface area (Å²) in [6, 6.07) is 8.15. The van der Waals surface area contributed by atoms with Crippen molar-refractivity contribution in [2.75, 3.05) is 11.1 Å². The molecule has 1 amide bonds. The number of rotatable bonds is 6. The molecule has 0 spiro atoms. The Morgan fingerprint density at radius 3 is 2.69 bits per heavy atom. The molecule has 166 valence electrons. The Morgan fingerprint density at radius 2 is 1.94 bits per heavy atom. The van der Waals surface area contributed by atoms with E-state index in [1.54, 1.807) is 17.0 Å². The molecule has 0 fully saturated rings. The highest BCUT2D eigenvalue weighted by Gasteiger charge is 2.30. The Morgan fingerprint density at radius 1 is 1.16 bits per heavy atom. The number of hydrogen-bond acceptors (Lipinski definition) is 5. The predicted octanol–water partition coefficient (Wildman–Crippen LogP) is 3.92. The second kappa shape index (κ2) is 9.15. The van der Waals surface area contributed by atoms with Gasteiger partial charge in [0.1, 0.15) is 5.03 Å². The number of carbonyl (C=O) groups excluding carboxylic acids is 1. The van der Waals surface area contributed by atoms with Crippen LogP contribution < -0.4 is 11.0 Å². The van der Waals surface area contributed by atoms with Crippen LogP contribution in [0.15, 0.2) is 58.6 Å². The Bertz CT molecular complexity index is 1200. The average molecular weight is 460 g/mol. The average Bonchev–Trinajstić information content (AvgIpc) is 3.25. The summed E-state index contributed by atoms with van der Waals surface area (Å²) in [7, 11) is 0. The zero-order chi connectivity index (χ0) is 22.7. The number of carbonyl (C=O) groups is 1. The van der Waals surface area contributed by atoms with Crippen molar-refractivity contribution in [3.8, 4) is 0 Å². The molecule has 1 N–H and O–H groups in total. The predicted molar refractivity (Wildman–Crippen MR) is 115 cm³/mol. The molecular weight excluding hydrogens is 441 g/mol. The van der Waals surface area contributed by atoms with Crippen molar-refractivity contribution in [1.29, 1.82) is 0 Å². The number of aromatic nitrogens is 3. The van der Waals surface area contributed by atoms with Crippen LogP contribution in [-0.4, -0.2) is 26.2 Å². The van der Waals surface area contributed by atoms with Gasteiger partial charge in [-0.15, -0.1) is 0 Å². The molecule has 4 rings (SSSR count). The molecule has 0 saturated heterocycles. The number of alkyl halides is 3. The first-order chi connectivity index (χ1) is 15.3. The number of amides is 1. The third-order valence-electron chi connectivity index (χ3n) is 5.10. The molecule has 2 heterocycles. The number of halogens is 3. The topological polar surface area (TPSA) is 76.9 Å².